The van der Waals surface area contributed by atoms with Crippen molar-refractivity contribution in [2.24, 2.45) is 0 Å². The fourth-order valence-electron chi connectivity index (χ4n) is 2.93. The summed E-state index contributed by atoms with van der Waals surface area (Å²) in [6, 6.07) is 10.6. The van der Waals surface area contributed by atoms with Gasteiger partial charge in [-0.1, -0.05) is 12.1 Å². The number of hydrogen-bond donors (Lipinski definition) is 0. The van der Waals surface area contributed by atoms with Gasteiger partial charge < -0.3 is 23.8 Å². The number of nitrogens with zero attached hydrogens (tertiary/aromatic N) is 1. The Kier molecular flexibility index (Phi) is 8.53. The summed E-state index contributed by atoms with van der Waals surface area (Å²) in [6.45, 7) is 6.70. The van der Waals surface area contributed by atoms with E-state index in [0.717, 1.165) is 11.1 Å². The van der Waals surface area contributed by atoms with Gasteiger partial charge in [-0.25, -0.2) is 4.79 Å². The van der Waals surface area contributed by atoms with Crippen LogP contribution in [0.5, 0.6) is 17.2 Å². The van der Waals surface area contributed by atoms with Crippen molar-refractivity contribution >= 4 is 11.9 Å². The van der Waals surface area contributed by atoms with Crippen molar-refractivity contribution in [3.05, 3.63) is 53.1 Å². The minimum Gasteiger partial charge on any atom is -0.496 e. The van der Waals surface area contributed by atoms with Gasteiger partial charge in [0.05, 0.1) is 26.4 Å². The number of esters is 1. The maximum Gasteiger partial charge on any atom is 0.338 e. The number of carbonyl (C=O) groups is 2. The van der Waals surface area contributed by atoms with E-state index in [9.17, 15) is 9.59 Å². The number of likely N-dealkylation sites (N-methyl/N-ethyl adjacent to an activating group) is 1. The molecule has 0 saturated carbocycles. The van der Waals surface area contributed by atoms with E-state index in [1.807, 2.05) is 39.0 Å². The number of methoxy groups -OCH3 is 2. The van der Waals surface area contributed by atoms with Gasteiger partial charge in [0.1, 0.15) is 5.75 Å². The molecule has 2 aromatic carbocycles. The molecule has 162 valence electrons. The molecule has 0 unspecified atom stereocenters. The van der Waals surface area contributed by atoms with Crippen LogP contribution in [0.3, 0.4) is 0 Å². The van der Waals surface area contributed by atoms with Crippen LogP contribution in [-0.4, -0.2) is 50.8 Å². The first-order chi connectivity index (χ1) is 14.4. The van der Waals surface area contributed by atoms with Crippen molar-refractivity contribution in [1.82, 2.24) is 4.90 Å². The van der Waals surface area contributed by atoms with Crippen LogP contribution in [0.15, 0.2) is 36.4 Å². The van der Waals surface area contributed by atoms with Crippen LogP contribution >= 0.6 is 0 Å². The van der Waals surface area contributed by atoms with Gasteiger partial charge in [-0.15, -0.1) is 0 Å². The lowest BCUT2D eigenvalue weighted by molar-refractivity contribution is -0.134. The molecule has 0 N–H and O–H groups in total. The highest BCUT2D eigenvalue weighted by molar-refractivity contribution is 5.91. The topological polar surface area (TPSA) is 74.3 Å². The van der Waals surface area contributed by atoms with Crippen LogP contribution in [0, 0.1) is 6.92 Å². The molecule has 0 heterocycles. The first-order valence-electron chi connectivity index (χ1n) is 9.82. The molecule has 1 amide bonds. The lowest BCUT2D eigenvalue weighted by Gasteiger charge is -2.21. The van der Waals surface area contributed by atoms with Crippen molar-refractivity contribution in [2.45, 2.75) is 27.3 Å². The predicted molar refractivity (Wildman–Crippen MR) is 113 cm³/mol. The molecule has 0 atom stereocenters. The molecule has 0 aliphatic rings. The predicted octanol–water partition coefficient (Wildman–Crippen LogP) is 3.62. The van der Waals surface area contributed by atoms with Gasteiger partial charge in [0.25, 0.3) is 5.91 Å². The second kappa shape index (κ2) is 11.1. The Morgan fingerprint density at radius 3 is 2.30 bits per heavy atom. The number of benzene rings is 2. The quantitative estimate of drug-likeness (QED) is 0.552. The van der Waals surface area contributed by atoms with Gasteiger partial charge in [-0.3, -0.25) is 4.79 Å². The highest BCUT2D eigenvalue weighted by Gasteiger charge is 2.17. The molecular weight excluding hydrogens is 386 g/mol. The zero-order valence-electron chi connectivity index (χ0n) is 18.2. The van der Waals surface area contributed by atoms with Crippen molar-refractivity contribution in [3.63, 3.8) is 0 Å². The molecule has 0 spiro atoms. The van der Waals surface area contributed by atoms with Crippen LogP contribution in [0.4, 0.5) is 0 Å². The first kappa shape index (κ1) is 23.1. The maximum absolute atomic E-state index is 12.6. The monoisotopic (exact) mass is 415 g/mol. The van der Waals surface area contributed by atoms with E-state index in [1.165, 1.54) is 7.11 Å². The fourth-order valence-corrected chi connectivity index (χ4v) is 2.93. The molecule has 0 radical (unpaired) electrons. The highest BCUT2D eigenvalue weighted by Crippen LogP contribution is 2.28. The molecule has 30 heavy (non-hydrogen) atoms. The van der Waals surface area contributed by atoms with Crippen LogP contribution in [0.2, 0.25) is 0 Å². The van der Waals surface area contributed by atoms with E-state index in [4.69, 9.17) is 18.9 Å². The maximum atomic E-state index is 12.6. The summed E-state index contributed by atoms with van der Waals surface area (Å²) in [5.41, 5.74) is 2.14. The Labute approximate surface area is 177 Å². The van der Waals surface area contributed by atoms with Crippen molar-refractivity contribution in [2.75, 3.05) is 34.0 Å². The van der Waals surface area contributed by atoms with Gasteiger partial charge in [-0.05, 0) is 56.2 Å². The second-order valence-corrected chi connectivity index (χ2v) is 6.59. The van der Waals surface area contributed by atoms with Crippen LogP contribution in [0.25, 0.3) is 0 Å². The summed E-state index contributed by atoms with van der Waals surface area (Å²) >= 11 is 0. The summed E-state index contributed by atoms with van der Waals surface area (Å²) in [5, 5.41) is 0. The average Bonchev–Trinajstić information content (AvgIpc) is 2.76. The molecule has 2 rings (SSSR count). The summed E-state index contributed by atoms with van der Waals surface area (Å²) < 4.78 is 21.3. The zero-order chi connectivity index (χ0) is 22.1. The van der Waals surface area contributed by atoms with Gasteiger partial charge >= 0.3 is 5.97 Å². The van der Waals surface area contributed by atoms with E-state index >= 15 is 0 Å². The summed E-state index contributed by atoms with van der Waals surface area (Å²) in [7, 11) is 3.11. The Morgan fingerprint density at radius 2 is 1.67 bits per heavy atom. The molecule has 7 nitrogen and oxygen atoms in total. The van der Waals surface area contributed by atoms with Crippen molar-refractivity contribution < 1.29 is 28.5 Å². The Hall–Kier alpha value is -3.22. The third-order valence-corrected chi connectivity index (χ3v) is 4.61. The molecule has 0 aliphatic heterocycles. The third kappa shape index (κ3) is 5.89. The number of rotatable bonds is 10. The number of hydrogen-bond acceptors (Lipinski definition) is 6. The Balaban J connectivity index is 2.00. The van der Waals surface area contributed by atoms with E-state index in [2.05, 4.69) is 0 Å². The van der Waals surface area contributed by atoms with Crippen molar-refractivity contribution in [1.29, 1.82) is 0 Å². The van der Waals surface area contributed by atoms with Gasteiger partial charge in [0.15, 0.2) is 18.1 Å². The van der Waals surface area contributed by atoms with Gasteiger partial charge in [-0.2, -0.15) is 0 Å². The van der Waals surface area contributed by atoms with Crippen LogP contribution in [-0.2, 0) is 16.1 Å². The molecule has 0 fully saturated rings. The minimum absolute atomic E-state index is 0.280. The summed E-state index contributed by atoms with van der Waals surface area (Å²) in [5.74, 6) is 1.01. The number of amides is 1. The number of carbonyl (C=O) groups excluding carboxylic acids is 2. The van der Waals surface area contributed by atoms with Gasteiger partial charge in [0, 0.05) is 13.1 Å². The zero-order valence-corrected chi connectivity index (χ0v) is 18.2. The van der Waals surface area contributed by atoms with E-state index in [1.54, 1.807) is 30.2 Å². The van der Waals surface area contributed by atoms with Crippen LogP contribution in [0.1, 0.15) is 35.3 Å². The number of aryl methyl sites for hydroxylation is 1. The third-order valence-electron chi connectivity index (χ3n) is 4.61. The normalized spacial score (nSPS) is 10.3. The first-order valence-corrected chi connectivity index (χ1v) is 9.82. The summed E-state index contributed by atoms with van der Waals surface area (Å²) in [4.78, 5) is 26.5. The van der Waals surface area contributed by atoms with E-state index in [-0.39, 0.29) is 12.5 Å². The highest BCUT2D eigenvalue weighted by atomic mass is 16.5. The average molecular weight is 415 g/mol. The van der Waals surface area contributed by atoms with Gasteiger partial charge in [0.2, 0.25) is 0 Å². The molecule has 0 aliphatic carbocycles. The lowest BCUT2D eigenvalue weighted by Crippen LogP contribution is -2.34. The standard InChI is InChI=1S/C23H29NO6/c1-6-24(14-17-9-11-19(29-7-2)21(12-17)28-5)22(25)15-30-23(26)18-10-8-16(3)20(13-18)27-4/h8-13H,6-7,14-15H2,1-5H3. The Bertz CT molecular complexity index is 880. The molecular formula is C23H29NO6. The fraction of sp³-hybridized carbons (Fsp3) is 0.391. The SMILES string of the molecule is CCOc1ccc(CN(CC)C(=O)COC(=O)c2ccc(C)c(OC)c2)cc1OC. The summed E-state index contributed by atoms with van der Waals surface area (Å²) in [6.07, 6.45) is 0. The lowest BCUT2D eigenvalue weighted by atomic mass is 10.1. The Morgan fingerprint density at radius 1 is 0.933 bits per heavy atom. The molecule has 2 aromatic rings. The van der Waals surface area contributed by atoms with E-state index < -0.39 is 5.97 Å². The molecule has 0 saturated heterocycles. The molecule has 0 aromatic heterocycles. The molecule has 0 bridgehead atoms. The van der Waals surface area contributed by atoms with E-state index in [0.29, 0.717) is 42.5 Å². The smallest absolute Gasteiger partial charge is 0.338 e. The second-order valence-electron chi connectivity index (χ2n) is 6.59. The largest absolute Gasteiger partial charge is 0.496 e. The molecule has 7 heteroatoms. The van der Waals surface area contributed by atoms with Crippen molar-refractivity contribution in [3.8, 4) is 17.2 Å². The number of ether oxygens (including phenoxy) is 4. The minimum atomic E-state index is -0.569. The van der Waals surface area contributed by atoms with Crippen LogP contribution < -0.4 is 14.2 Å².